The number of alkyl halides is 3. The Kier molecular flexibility index (Phi) is 2.88. The van der Waals surface area contributed by atoms with Crippen molar-refractivity contribution in [3.05, 3.63) is 28.6 Å². The van der Waals surface area contributed by atoms with Gasteiger partial charge in [-0.2, -0.15) is 13.2 Å². The zero-order chi connectivity index (χ0) is 11.8. The van der Waals surface area contributed by atoms with Crippen LogP contribution in [0.1, 0.15) is 12.2 Å². The van der Waals surface area contributed by atoms with Gasteiger partial charge in [-0.1, -0.05) is 0 Å². The Bertz CT molecular complexity index is 506. The Labute approximate surface area is 97.4 Å². The normalized spacial score (nSPS) is 12.2. The van der Waals surface area contributed by atoms with Crippen LogP contribution in [0.2, 0.25) is 0 Å². The molecule has 0 amide bonds. The smallest absolute Gasteiger partial charge is 0.285 e. The first kappa shape index (κ1) is 11.4. The average Bonchev–Trinajstić information content (AvgIpc) is 2.58. The molecule has 0 saturated heterocycles. The van der Waals surface area contributed by atoms with E-state index < -0.39 is 12.6 Å². The second-order valence-electron chi connectivity index (χ2n) is 3.28. The van der Waals surface area contributed by atoms with E-state index in [1.165, 1.54) is 0 Å². The molecule has 3 nitrogen and oxygen atoms in total. The van der Waals surface area contributed by atoms with Crippen LogP contribution in [0.4, 0.5) is 13.2 Å². The number of nitrogens with zero attached hydrogens (tertiary/aromatic N) is 3. The second kappa shape index (κ2) is 4.04. The molecule has 2 aromatic heterocycles. The van der Waals surface area contributed by atoms with E-state index in [4.69, 9.17) is 0 Å². The van der Waals surface area contributed by atoms with E-state index in [9.17, 15) is 13.2 Å². The lowest BCUT2D eigenvalue weighted by molar-refractivity contribution is -0.134. The number of fused-ring (bicyclic) bond motifs is 1. The summed E-state index contributed by atoms with van der Waals surface area (Å²) in [6, 6.07) is 3.48. The summed E-state index contributed by atoms with van der Waals surface area (Å²) in [4.78, 5) is 0. The molecule has 0 radical (unpaired) electrons. The molecule has 0 aliphatic carbocycles. The predicted molar refractivity (Wildman–Crippen MR) is 55.1 cm³/mol. The van der Waals surface area contributed by atoms with Gasteiger partial charge in [-0.05, 0) is 28.1 Å². The fourth-order valence-electron chi connectivity index (χ4n) is 1.36. The lowest BCUT2D eigenvalue weighted by Gasteiger charge is -2.04. The number of halogens is 4. The summed E-state index contributed by atoms with van der Waals surface area (Å²) in [7, 11) is 0. The van der Waals surface area contributed by atoms with E-state index in [0.717, 1.165) is 0 Å². The van der Waals surface area contributed by atoms with Crippen molar-refractivity contribution in [3.63, 3.8) is 0 Å². The highest BCUT2D eigenvalue weighted by atomic mass is 79.9. The van der Waals surface area contributed by atoms with Gasteiger partial charge >= 0.3 is 6.18 Å². The van der Waals surface area contributed by atoms with Crippen molar-refractivity contribution in [1.29, 1.82) is 0 Å². The van der Waals surface area contributed by atoms with E-state index in [2.05, 4.69) is 26.1 Å². The first-order valence-corrected chi connectivity index (χ1v) is 5.31. The molecule has 0 bridgehead atoms. The van der Waals surface area contributed by atoms with Crippen LogP contribution in [0.5, 0.6) is 0 Å². The maximum Gasteiger partial charge on any atom is 0.389 e. The van der Waals surface area contributed by atoms with Gasteiger partial charge in [0.2, 0.25) is 0 Å². The molecule has 7 heteroatoms. The van der Waals surface area contributed by atoms with Gasteiger partial charge in [0.05, 0.1) is 10.9 Å². The van der Waals surface area contributed by atoms with Crippen molar-refractivity contribution in [2.24, 2.45) is 0 Å². The molecule has 0 aromatic carbocycles. The summed E-state index contributed by atoms with van der Waals surface area (Å²) in [5.74, 6) is 0.314. The predicted octanol–water partition coefficient (Wildman–Crippen LogP) is 2.99. The minimum absolute atomic E-state index is 0.166. The molecule has 16 heavy (non-hydrogen) atoms. The lowest BCUT2D eigenvalue weighted by Crippen LogP contribution is -2.10. The van der Waals surface area contributed by atoms with Gasteiger partial charge in [0.25, 0.3) is 0 Å². The lowest BCUT2D eigenvalue weighted by atomic mass is 10.3. The Morgan fingerprint density at radius 1 is 1.31 bits per heavy atom. The molecule has 0 N–H and O–H groups in total. The van der Waals surface area contributed by atoms with Gasteiger partial charge in [0.15, 0.2) is 5.65 Å². The molecule has 0 saturated carbocycles. The van der Waals surface area contributed by atoms with Gasteiger partial charge in [0.1, 0.15) is 5.82 Å². The summed E-state index contributed by atoms with van der Waals surface area (Å²) in [5.41, 5.74) is 0.527. The van der Waals surface area contributed by atoms with Crippen molar-refractivity contribution in [3.8, 4) is 0 Å². The molecule has 2 aromatic rings. The van der Waals surface area contributed by atoms with Crippen LogP contribution in [0.15, 0.2) is 22.8 Å². The van der Waals surface area contributed by atoms with Gasteiger partial charge in [0, 0.05) is 12.6 Å². The van der Waals surface area contributed by atoms with Gasteiger partial charge in [-0.25, -0.2) is 0 Å². The number of rotatable bonds is 2. The van der Waals surface area contributed by atoms with E-state index in [0.29, 0.717) is 15.9 Å². The highest BCUT2D eigenvalue weighted by Gasteiger charge is 2.27. The second-order valence-corrected chi connectivity index (χ2v) is 4.14. The molecule has 2 heterocycles. The standard InChI is InChI=1S/C9H7BrF3N3/c10-6-2-1-5-16-7(14-15-8(6)16)3-4-9(11,12)13/h1-2,5H,3-4H2. The topological polar surface area (TPSA) is 30.2 Å². The van der Waals surface area contributed by atoms with Crippen LogP contribution < -0.4 is 0 Å². The van der Waals surface area contributed by atoms with Crippen LogP contribution in [0.25, 0.3) is 5.65 Å². The van der Waals surface area contributed by atoms with Crippen LogP contribution in [-0.4, -0.2) is 20.8 Å². The summed E-state index contributed by atoms with van der Waals surface area (Å²) in [6.07, 6.45) is -3.58. The molecule has 0 atom stereocenters. The summed E-state index contributed by atoms with van der Waals surface area (Å²) in [5, 5.41) is 7.56. The zero-order valence-electron chi connectivity index (χ0n) is 8.00. The molecular formula is C9H7BrF3N3. The Hall–Kier alpha value is -1.11. The number of hydrogen-bond acceptors (Lipinski definition) is 2. The van der Waals surface area contributed by atoms with Crippen LogP contribution >= 0.6 is 15.9 Å². The average molecular weight is 294 g/mol. The highest BCUT2D eigenvalue weighted by Crippen LogP contribution is 2.22. The van der Waals surface area contributed by atoms with E-state index in [-0.39, 0.29) is 6.42 Å². The molecule has 0 spiro atoms. The van der Waals surface area contributed by atoms with Crippen LogP contribution in [0, 0.1) is 0 Å². The zero-order valence-corrected chi connectivity index (χ0v) is 9.59. The van der Waals surface area contributed by atoms with Crippen molar-refractivity contribution >= 4 is 21.6 Å². The molecule has 0 aliphatic rings. The van der Waals surface area contributed by atoms with Gasteiger partial charge in [-0.3, -0.25) is 4.40 Å². The fraction of sp³-hybridized carbons (Fsp3) is 0.333. The van der Waals surface area contributed by atoms with E-state index in [1.54, 1.807) is 22.7 Å². The monoisotopic (exact) mass is 293 g/mol. The number of pyridine rings is 1. The summed E-state index contributed by atoms with van der Waals surface area (Å²) >= 11 is 3.26. The summed E-state index contributed by atoms with van der Waals surface area (Å²) < 4.78 is 38.4. The molecule has 86 valence electrons. The van der Waals surface area contributed by atoms with Gasteiger partial charge < -0.3 is 0 Å². The Balaban J connectivity index is 2.29. The van der Waals surface area contributed by atoms with Crippen molar-refractivity contribution < 1.29 is 13.2 Å². The quantitative estimate of drug-likeness (QED) is 0.852. The van der Waals surface area contributed by atoms with E-state index >= 15 is 0 Å². The molecule has 0 unspecified atom stereocenters. The maximum atomic E-state index is 12.1. The van der Waals surface area contributed by atoms with Crippen LogP contribution in [-0.2, 0) is 6.42 Å². The Morgan fingerprint density at radius 3 is 2.75 bits per heavy atom. The minimum Gasteiger partial charge on any atom is -0.285 e. The summed E-state index contributed by atoms with van der Waals surface area (Å²) in [6.45, 7) is 0. The van der Waals surface area contributed by atoms with Crippen LogP contribution in [0.3, 0.4) is 0 Å². The molecular weight excluding hydrogens is 287 g/mol. The molecule has 0 fully saturated rings. The highest BCUT2D eigenvalue weighted by molar-refractivity contribution is 9.10. The molecule has 0 aliphatic heterocycles. The SMILES string of the molecule is FC(F)(F)CCc1nnc2c(Br)cccn12. The third kappa shape index (κ3) is 2.34. The Morgan fingerprint density at radius 2 is 2.06 bits per heavy atom. The number of aryl methyl sites for hydroxylation is 1. The number of hydrogen-bond donors (Lipinski definition) is 0. The van der Waals surface area contributed by atoms with E-state index in [1.807, 2.05) is 0 Å². The first-order chi connectivity index (χ1) is 7.47. The molecule has 2 rings (SSSR count). The van der Waals surface area contributed by atoms with Crippen molar-refractivity contribution in [2.75, 3.05) is 0 Å². The first-order valence-electron chi connectivity index (χ1n) is 4.52. The minimum atomic E-state index is -4.17. The maximum absolute atomic E-state index is 12.1. The van der Waals surface area contributed by atoms with Gasteiger partial charge in [-0.15, -0.1) is 10.2 Å². The van der Waals surface area contributed by atoms with Crippen molar-refractivity contribution in [1.82, 2.24) is 14.6 Å². The fourth-order valence-corrected chi connectivity index (χ4v) is 1.78. The number of aromatic nitrogens is 3. The third-order valence-electron chi connectivity index (χ3n) is 2.09. The van der Waals surface area contributed by atoms with Crippen molar-refractivity contribution in [2.45, 2.75) is 19.0 Å². The largest absolute Gasteiger partial charge is 0.389 e. The third-order valence-corrected chi connectivity index (χ3v) is 2.71.